The van der Waals surface area contributed by atoms with Crippen LogP contribution in [0.4, 0.5) is 19.0 Å². The molecule has 2 heterocycles. The standard InChI is InChI=1S/C17H20F3N3O/c18-17(19,20)11-23-6-5-12(9-23)8-21-16-14(10-24)7-13-3-1-2-4-15(13)22-16/h1-4,7,12,24H,5-6,8-11H2,(H,21,22)/t12-/m0/s1. The van der Waals surface area contributed by atoms with E-state index in [1.54, 1.807) is 0 Å². The van der Waals surface area contributed by atoms with Crippen LogP contribution in [-0.2, 0) is 6.61 Å². The molecule has 0 unspecified atom stereocenters. The van der Waals surface area contributed by atoms with Gasteiger partial charge < -0.3 is 10.4 Å². The van der Waals surface area contributed by atoms with Crippen LogP contribution in [0, 0.1) is 5.92 Å². The molecule has 0 radical (unpaired) electrons. The van der Waals surface area contributed by atoms with Gasteiger partial charge in [-0.25, -0.2) is 4.98 Å². The number of para-hydroxylation sites is 1. The van der Waals surface area contributed by atoms with Crippen LogP contribution in [0.15, 0.2) is 30.3 Å². The molecule has 1 atom stereocenters. The predicted molar refractivity (Wildman–Crippen MR) is 86.8 cm³/mol. The van der Waals surface area contributed by atoms with Crippen molar-refractivity contribution in [2.75, 3.05) is 31.5 Å². The van der Waals surface area contributed by atoms with Crippen LogP contribution in [0.3, 0.4) is 0 Å². The zero-order valence-electron chi connectivity index (χ0n) is 13.2. The average molecular weight is 339 g/mol. The first-order valence-corrected chi connectivity index (χ1v) is 7.97. The first kappa shape index (κ1) is 17.0. The van der Waals surface area contributed by atoms with Gasteiger partial charge in [0.15, 0.2) is 0 Å². The lowest BCUT2D eigenvalue weighted by molar-refractivity contribution is -0.143. The molecule has 130 valence electrons. The van der Waals surface area contributed by atoms with Gasteiger partial charge >= 0.3 is 6.18 Å². The van der Waals surface area contributed by atoms with Crippen molar-refractivity contribution in [3.05, 3.63) is 35.9 Å². The lowest BCUT2D eigenvalue weighted by Gasteiger charge is -2.18. The summed E-state index contributed by atoms with van der Waals surface area (Å²) in [5.41, 5.74) is 1.51. The number of alkyl halides is 3. The highest BCUT2D eigenvalue weighted by atomic mass is 19.4. The summed E-state index contributed by atoms with van der Waals surface area (Å²) in [4.78, 5) is 5.96. The molecule has 1 aromatic carbocycles. The topological polar surface area (TPSA) is 48.4 Å². The van der Waals surface area contributed by atoms with Crippen molar-refractivity contribution in [2.45, 2.75) is 19.2 Å². The van der Waals surface area contributed by atoms with Gasteiger partial charge in [-0.15, -0.1) is 0 Å². The molecule has 24 heavy (non-hydrogen) atoms. The molecule has 0 aliphatic carbocycles. The molecule has 3 rings (SSSR count). The summed E-state index contributed by atoms with van der Waals surface area (Å²) in [5.74, 6) is 0.748. The maximum atomic E-state index is 12.4. The number of hydrogen-bond acceptors (Lipinski definition) is 4. The number of likely N-dealkylation sites (tertiary alicyclic amines) is 1. The number of aliphatic hydroxyl groups excluding tert-OH is 1. The largest absolute Gasteiger partial charge is 0.401 e. The maximum Gasteiger partial charge on any atom is 0.401 e. The quantitative estimate of drug-likeness (QED) is 0.879. The Kier molecular flexibility index (Phi) is 4.91. The molecule has 1 aromatic heterocycles. The second-order valence-corrected chi connectivity index (χ2v) is 6.23. The summed E-state index contributed by atoms with van der Waals surface area (Å²) in [7, 11) is 0. The van der Waals surface area contributed by atoms with Gasteiger partial charge in [-0.3, -0.25) is 4.90 Å². The summed E-state index contributed by atoms with van der Waals surface area (Å²) in [6.45, 7) is 0.454. The predicted octanol–water partition coefficient (Wildman–Crippen LogP) is 3.02. The third-order valence-electron chi connectivity index (χ3n) is 4.30. The summed E-state index contributed by atoms with van der Waals surface area (Å²) in [6.07, 6.45) is -3.42. The summed E-state index contributed by atoms with van der Waals surface area (Å²) < 4.78 is 37.3. The van der Waals surface area contributed by atoms with E-state index in [1.807, 2.05) is 30.3 Å². The third kappa shape index (κ3) is 4.15. The Bertz CT molecular complexity index is 705. The molecule has 2 aromatic rings. The fourth-order valence-electron chi connectivity index (χ4n) is 3.15. The first-order valence-electron chi connectivity index (χ1n) is 7.97. The molecular weight excluding hydrogens is 319 g/mol. The van der Waals surface area contributed by atoms with Gasteiger partial charge in [-0.1, -0.05) is 18.2 Å². The van der Waals surface area contributed by atoms with Crippen molar-refractivity contribution in [2.24, 2.45) is 5.92 Å². The minimum atomic E-state index is -4.15. The van der Waals surface area contributed by atoms with E-state index in [0.29, 0.717) is 31.0 Å². The minimum Gasteiger partial charge on any atom is -0.392 e. The second-order valence-electron chi connectivity index (χ2n) is 6.23. The monoisotopic (exact) mass is 339 g/mol. The number of fused-ring (bicyclic) bond motifs is 1. The Labute approximate surface area is 138 Å². The Morgan fingerprint density at radius 1 is 1.29 bits per heavy atom. The molecule has 1 aliphatic heterocycles. The fourth-order valence-corrected chi connectivity index (χ4v) is 3.15. The summed E-state index contributed by atoms with van der Waals surface area (Å²) >= 11 is 0. The van der Waals surface area contributed by atoms with Gasteiger partial charge in [0.25, 0.3) is 0 Å². The molecule has 0 amide bonds. The molecule has 1 fully saturated rings. The number of rotatable bonds is 5. The zero-order chi connectivity index (χ0) is 17.2. The molecule has 0 saturated carbocycles. The summed E-state index contributed by atoms with van der Waals surface area (Å²) in [6, 6.07) is 9.50. The minimum absolute atomic E-state index is 0.134. The average Bonchev–Trinajstić information content (AvgIpc) is 2.97. The number of nitrogens with zero attached hydrogens (tertiary/aromatic N) is 2. The Morgan fingerprint density at radius 3 is 2.83 bits per heavy atom. The first-order chi connectivity index (χ1) is 11.4. The van der Waals surface area contributed by atoms with Crippen LogP contribution in [0.2, 0.25) is 0 Å². The highest BCUT2D eigenvalue weighted by Crippen LogP contribution is 2.24. The van der Waals surface area contributed by atoms with Gasteiger partial charge in [0.2, 0.25) is 0 Å². The Balaban J connectivity index is 1.63. The van der Waals surface area contributed by atoms with Gasteiger partial charge in [0.05, 0.1) is 18.7 Å². The third-order valence-corrected chi connectivity index (χ3v) is 4.30. The number of aromatic nitrogens is 1. The van der Waals surface area contributed by atoms with Crippen LogP contribution >= 0.6 is 0 Å². The fraction of sp³-hybridized carbons (Fsp3) is 0.471. The van der Waals surface area contributed by atoms with E-state index < -0.39 is 12.7 Å². The number of halogens is 3. The van der Waals surface area contributed by atoms with E-state index in [2.05, 4.69) is 10.3 Å². The van der Waals surface area contributed by atoms with Crippen LogP contribution < -0.4 is 5.32 Å². The van der Waals surface area contributed by atoms with Gasteiger partial charge in [-0.05, 0) is 31.0 Å². The zero-order valence-corrected chi connectivity index (χ0v) is 13.2. The van der Waals surface area contributed by atoms with Gasteiger partial charge in [0, 0.05) is 24.0 Å². The number of hydrogen-bond donors (Lipinski definition) is 2. The highest BCUT2D eigenvalue weighted by Gasteiger charge is 2.34. The van der Waals surface area contributed by atoms with Crippen molar-refractivity contribution in [1.29, 1.82) is 0 Å². The van der Waals surface area contributed by atoms with E-state index in [4.69, 9.17) is 0 Å². The van der Waals surface area contributed by atoms with Crippen LogP contribution in [-0.4, -0.2) is 47.3 Å². The second kappa shape index (κ2) is 6.94. The molecule has 1 aliphatic rings. The molecule has 2 N–H and O–H groups in total. The Morgan fingerprint density at radius 2 is 2.08 bits per heavy atom. The normalized spacial score (nSPS) is 19.1. The molecular formula is C17H20F3N3O. The number of pyridine rings is 1. The van der Waals surface area contributed by atoms with E-state index in [9.17, 15) is 18.3 Å². The summed E-state index contributed by atoms with van der Waals surface area (Å²) in [5, 5.41) is 13.7. The van der Waals surface area contributed by atoms with E-state index in [1.165, 1.54) is 4.90 Å². The van der Waals surface area contributed by atoms with Gasteiger partial charge in [-0.2, -0.15) is 13.2 Å². The Hall–Kier alpha value is -1.86. The number of benzene rings is 1. The lowest BCUT2D eigenvalue weighted by Crippen LogP contribution is -2.33. The lowest BCUT2D eigenvalue weighted by atomic mass is 10.1. The number of anilines is 1. The smallest absolute Gasteiger partial charge is 0.392 e. The van der Waals surface area contributed by atoms with Crippen LogP contribution in [0.1, 0.15) is 12.0 Å². The maximum absolute atomic E-state index is 12.4. The van der Waals surface area contributed by atoms with Gasteiger partial charge in [0.1, 0.15) is 5.82 Å². The van der Waals surface area contributed by atoms with E-state index >= 15 is 0 Å². The van der Waals surface area contributed by atoms with E-state index in [-0.39, 0.29) is 12.5 Å². The van der Waals surface area contributed by atoms with Crippen LogP contribution in [0.25, 0.3) is 10.9 Å². The molecule has 4 nitrogen and oxygen atoms in total. The van der Waals surface area contributed by atoms with Crippen molar-refractivity contribution in [3.63, 3.8) is 0 Å². The van der Waals surface area contributed by atoms with Crippen molar-refractivity contribution >= 4 is 16.7 Å². The number of aliphatic hydroxyl groups is 1. The molecule has 7 heteroatoms. The van der Waals surface area contributed by atoms with E-state index in [0.717, 1.165) is 17.3 Å². The molecule has 0 spiro atoms. The van der Waals surface area contributed by atoms with Crippen molar-refractivity contribution < 1.29 is 18.3 Å². The highest BCUT2D eigenvalue weighted by molar-refractivity contribution is 5.81. The van der Waals surface area contributed by atoms with Crippen molar-refractivity contribution in [3.8, 4) is 0 Å². The molecule has 1 saturated heterocycles. The van der Waals surface area contributed by atoms with Crippen LogP contribution in [0.5, 0.6) is 0 Å². The number of nitrogens with one attached hydrogen (secondary N) is 1. The van der Waals surface area contributed by atoms with Crippen molar-refractivity contribution in [1.82, 2.24) is 9.88 Å². The SMILES string of the molecule is OCc1cc2ccccc2nc1NC[C@@H]1CCN(CC(F)(F)F)C1. The molecule has 0 bridgehead atoms.